The number of phenols is 1. The number of H-pyrrole nitrogens is 1. The van der Waals surface area contributed by atoms with Gasteiger partial charge in [0, 0.05) is 31.3 Å². The highest BCUT2D eigenvalue weighted by Crippen LogP contribution is 2.12. The van der Waals surface area contributed by atoms with Crippen LogP contribution < -0.4 is 33.2 Å². The van der Waals surface area contributed by atoms with Crippen molar-refractivity contribution in [2.45, 2.75) is 43.8 Å². The second kappa shape index (κ2) is 14.8. The quantitative estimate of drug-likeness (QED) is 0.0659. The molecule has 3 atom stereocenters. The first-order chi connectivity index (χ1) is 18.0. The van der Waals surface area contributed by atoms with Crippen molar-refractivity contribution >= 4 is 29.7 Å². The van der Waals surface area contributed by atoms with Gasteiger partial charge in [0.1, 0.15) is 17.8 Å². The summed E-state index contributed by atoms with van der Waals surface area (Å²) in [5, 5.41) is 26.4. The molecule has 0 bridgehead atoms. The van der Waals surface area contributed by atoms with Crippen LogP contribution in [0.1, 0.15) is 24.1 Å². The number of aliphatic imine (C=N–C) groups is 1. The van der Waals surface area contributed by atoms with E-state index in [-0.39, 0.29) is 31.0 Å². The lowest BCUT2D eigenvalue weighted by atomic mass is 10.0. The number of imidazole rings is 1. The number of hydrogen-bond donors (Lipinski definition) is 9. The molecule has 12 N–H and O–H groups in total. The molecule has 0 aliphatic heterocycles. The van der Waals surface area contributed by atoms with Gasteiger partial charge in [0.15, 0.2) is 5.96 Å². The molecule has 0 fully saturated rings. The number of carbonyl (C=O) groups excluding carboxylic acids is 3. The summed E-state index contributed by atoms with van der Waals surface area (Å²) in [5.74, 6) is -3.33. The second-order valence-electron chi connectivity index (χ2n) is 8.44. The lowest BCUT2D eigenvalue weighted by Gasteiger charge is -2.21. The monoisotopic (exact) mass is 531 g/mol. The minimum Gasteiger partial charge on any atom is -0.508 e. The van der Waals surface area contributed by atoms with Crippen LogP contribution in [-0.4, -0.2) is 81.0 Å². The van der Waals surface area contributed by atoms with Gasteiger partial charge in [-0.3, -0.25) is 19.4 Å². The standard InChI is InChI=1S/C23H33N9O6/c24-16(2-1-7-28-23(25)26)20(35)29-11-19(34)31-17(9-14-10-27-12-30-14)21(36)32-18(22(37)38)8-13-3-5-15(33)6-4-13/h3-6,10,12,16-18,33H,1-2,7-9,11,24H2,(H,27,30)(H,29,35)(H,31,34)(H,32,36)(H,37,38)(H4,25,26,28). The maximum Gasteiger partial charge on any atom is 0.326 e. The summed E-state index contributed by atoms with van der Waals surface area (Å²) in [6.07, 6.45) is 3.53. The Labute approximate surface area is 218 Å². The number of rotatable bonds is 15. The van der Waals surface area contributed by atoms with Gasteiger partial charge in [0.2, 0.25) is 17.7 Å². The second-order valence-corrected chi connectivity index (χ2v) is 8.44. The number of aromatic hydroxyl groups is 1. The first-order valence-corrected chi connectivity index (χ1v) is 11.7. The van der Waals surface area contributed by atoms with Crippen molar-refractivity contribution < 1.29 is 29.4 Å². The molecule has 1 heterocycles. The first-order valence-electron chi connectivity index (χ1n) is 11.7. The molecule has 1 aromatic carbocycles. The molecule has 15 heteroatoms. The average Bonchev–Trinajstić information content (AvgIpc) is 3.38. The number of amides is 3. The van der Waals surface area contributed by atoms with Crippen LogP contribution >= 0.6 is 0 Å². The zero-order valence-corrected chi connectivity index (χ0v) is 20.6. The van der Waals surface area contributed by atoms with Crippen molar-refractivity contribution in [2.75, 3.05) is 13.1 Å². The van der Waals surface area contributed by atoms with Crippen LogP contribution in [0.5, 0.6) is 5.75 Å². The van der Waals surface area contributed by atoms with Crippen molar-refractivity contribution in [3.63, 3.8) is 0 Å². The first kappa shape index (κ1) is 29.6. The summed E-state index contributed by atoms with van der Waals surface area (Å²) in [5.41, 5.74) is 17.4. The normalized spacial score (nSPS) is 13.0. The summed E-state index contributed by atoms with van der Waals surface area (Å²) in [6.45, 7) is -0.151. The molecule has 0 saturated heterocycles. The molecular formula is C23H33N9O6. The highest BCUT2D eigenvalue weighted by Gasteiger charge is 2.27. The van der Waals surface area contributed by atoms with Gasteiger partial charge in [-0.1, -0.05) is 12.1 Å². The highest BCUT2D eigenvalue weighted by molar-refractivity contribution is 5.92. The smallest absolute Gasteiger partial charge is 0.326 e. The minimum absolute atomic E-state index is 0.0125. The maximum atomic E-state index is 13.0. The summed E-state index contributed by atoms with van der Waals surface area (Å²) in [7, 11) is 0. The van der Waals surface area contributed by atoms with Gasteiger partial charge in [-0.15, -0.1) is 0 Å². The Morgan fingerprint density at radius 2 is 1.74 bits per heavy atom. The van der Waals surface area contributed by atoms with Gasteiger partial charge in [-0.05, 0) is 30.5 Å². The summed E-state index contributed by atoms with van der Waals surface area (Å²) >= 11 is 0. The number of hydrogen-bond acceptors (Lipinski definition) is 8. The van der Waals surface area contributed by atoms with Crippen molar-refractivity contribution in [3.05, 3.63) is 48.0 Å². The van der Waals surface area contributed by atoms with E-state index in [4.69, 9.17) is 17.2 Å². The van der Waals surface area contributed by atoms with E-state index in [1.165, 1.54) is 36.8 Å². The van der Waals surface area contributed by atoms with E-state index < -0.39 is 48.4 Å². The van der Waals surface area contributed by atoms with Gasteiger partial charge in [0.05, 0.1) is 18.9 Å². The molecule has 3 amide bonds. The molecule has 15 nitrogen and oxygen atoms in total. The van der Waals surface area contributed by atoms with E-state index in [0.717, 1.165) is 0 Å². The average molecular weight is 532 g/mol. The molecule has 0 radical (unpaired) electrons. The molecule has 38 heavy (non-hydrogen) atoms. The Morgan fingerprint density at radius 1 is 1.03 bits per heavy atom. The minimum atomic E-state index is -1.30. The third-order valence-electron chi connectivity index (χ3n) is 5.35. The number of nitrogens with two attached hydrogens (primary N) is 3. The predicted octanol–water partition coefficient (Wildman–Crippen LogP) is -2.55. The zero-order valence-electron chi connectivity index (χ0n) is 20.6. The Balaban J connectivity index is 1.97. The Bertz CT molecular complexity index is 1100. The number of carbonyl (C=O) groups is 4. The molecule has 3 unspecified atom stereocenters. The Morgan fingerprint density at radius 3 is 2.34 bits per heavy atom. The molecular weight excluding hydrogens is 498 g/mol. The predicted molar refractivity (Wildman–Crippen MR) is 136 cm³/mol. The summed E-state index contributed by atoms with van der Waals surface area (Å²) in [6, 6.07) is 2.52. The van der Waals surface area contributed by atoms with E-state index in [0.29, 0.717) is 24.2 Å². The van der Waals surface area contributed by atoms with Crippen LogP contribution in [-0.2, 0) is 32.0 Å². The van der Waals surface area contributed by atoms with Crippen LogP contribution in [0, 0.1) is 0 Å². The van der Waals surface area contributed by atoms with E-state index in [1.54, 1.807) is 0 Å². The molecule has 1 aromatic heterocycles. The van der Waals surface area contributed by atoms with E-state index in [1.807, 2.05) is 0 Å². The highest BCUT2D eigenvalue weighted by atomic mass is 16.4. The van der Waals surface area contributed by atoms with Crippen molar-refractivity contribution in [1.82, 2.24) is 25.9 Å². The van der Waals surface area contributed by atoms with Crippen LogP contribution in [0.15, 0.2) is 41.8 Å². The number of carboxylic acid groups (broad SMARTS) is 1. The number of guanidine groups is 1. The Kier molecular flexibility index (Phi) is 11.5. The summed E-state index contributed by atoms with van der Waals surface area (Å²) in [4.78, 5) is 60.0. The fourth-order valence-electron chi connectivity index (χ4n) is 3.36. The maximum absolute atomic E-state index is 13.0. The lowest BCUT2D eigenvalue weighted by Crippen LogP contribution is -2.55. The topological polar surface area (TPSA) is 264 Å². The third kappa shape index (κ3) is 10.5. The number of phenolic OH excluding ortho intramolecular Hbond substituents is 1. The Hall–Kier alpha value is -4.66. The van der Waals surface area contributed by atoms with Gasteiger partial charge < -0.3 is 48.3 Å². The SMILES string of the molecule is NC(N)=NCCCC(N)C(=O)NCC(=O)NC(Cc1cnc[nH]1)C(=O)NC(Cc1ccc(O)cc1)C(=O)O. The van der Waals surface area contributed by atoms with Crippen LogP contribution in [0.3, 0.4) is 0 Å². The van der Waals surface area contributed by atoms with Crippen LogP contribution in [0.25, 0.3) is 0 Å². The molecule has 2 aromatic rings. The lowest BCUT2D eigenvalue weighted by molar-refractivity contribution is -0.142. The van der Waals surface area contributed by atoms with Gasteiger partial charge in [0.25, 0.3) is 0 Å². The van der Waals surface area contributed by atoms with Crippen molar-refractivity contribution in [3.8, 4) is 5.75 Å². The number of carboxylic acids is 1. The number of nitrogens with zero attached hydrogens (tertiary/aromatic N) is 2. The van der Waals surface area contributed by atoms with Gasteiger partial charge >= 0.3 is 5.97 Å². The summed E-state index contributed by atoms with van der Waals surface area (Å²) < 4.78 is 0. The molecule has 206 valence electrons. The zero-order chi connectivity index (χ0) is 28.1. The molecule has 2 rings (SSSR count). The fraction of sp³-hybridized carbons (Fsp3) is 0.391. The number of aromatic amines is 1. The van der Waals surface area contributed by atoms with E-state index in [9.17, 15) is 29.4 Å². The van der Waals surface area contributed by atoms with Crippen molar-refractivity contribution in [2.24, 2.45) is 22.2 Å². The van der Waals surface area contributed by atoms with E-state index in [2.05, 4.69) is 30.9 Å². The van der Waals surface area contributed by atoms with Crippen molar-refractivity contribution in [1.29, 1.82) is 0 Å². The molecule has 0 spiro atoms. The van der Waals surface area contributed by atoms with Crippen LogP contribution in [0.2, 0.25) is 0 Å². The van der Waals surface area contributed by atoms with Crippen LogP contribution in [0.4, 0.5) is 0 Å². The number of benzene rings is 1. The van der Waals surface area contributed by atoms with Gasteiger partial charge in [-0.2, -0.15) is 0 Å². The largest absolute Gasteiger partial charge is 0.508 e. The van der Waals surface area contributed by atoms with Gasteiger partial charge in [-0.25, -0.2) is 9.78 Å². The number of aliphatic carboxylic acids is 1. The van der Waals surface area contributed by atoms with E-state index >= 15 is 0 Å². The third-order valence-corrected chi connectivity index (χ3v) is 5.35. The molecule has 0 aliphatic carbocycles. The molecule has 0 saturated carbocycles. The molecule has 0 aliphatic rings. The number of nitrogens with one attached hydrogen (secondary N) is 4. The number of aromatic nitrogens is 2. The fourth-order valence-corrected chi connectivity index (χ4v) is 3.36.